The predicted molar refractivity (Wildman–Crippen MR) is 76.7 cm³/mol. The van der Waals surface area contributed by atoms with Crippen molar-refractivity contribution >= 4 is 15.9 Å². The van der Waals surface area contributed by atoms with Gasteiger partial charge < -0.3 is 9.64 Å². The SMILES string of the molecule is CN1CCN(NCc2cc(Br)ccc2OC(F)F)CC1. The highest BCUT2D eigenvalue weighted by atomic mass is 79.9. The average molecular weight is 350 g/mol. The number of halogens is 3. The summed E-state index contributed by atoms with van der Waals surface area (Å²) in [6.45, 7) is 1.46. The Labute approximate surface area is 125 Å². The Morgan fingerprint density at radius 2 is 2.00 bits per heavy atom. The van der Waals surface area contributed by atoms with E-state index in [1.807, 2.05) is 0 Å². The van der Waals surface area contributed by atoms with Crippen molar-refractivity contribution in [2.75, 3.05) is 33.2 Å². The van der Waals surface area contributed by atoms with Crippen LogP contribution in [-0.4, -0.2) is 49.7 Å². The highest BCUT2D eigenvalue weighted by Crippen LogP contribution is 2.24. The Morgan fingerprint density at radius 1 is 1.30 bits per heavy atom. The Balaban J connectivity index is 1.95. The van der Waals surface area contributed by atoms with Crippen LogP contribution in [0.2, 0.25) is 0 Å². The second-order valence-corrected chi connectivity index (χ2v) is 5.67. The zero-order valence-electron chi connectivity index (χ0n) is 11.3. The molecule has 0 saturated carbocycles. The maximum absolute atomic E-state index is 12.4. The second-order valence-electron chi connectivity index (χ2n) is 4.76. The summed E-state index contributed by atoms with van der Waals surface area (Å²) in [4.78, 5) is 2.25. The van der Waals surface area contributed by atoms with Crippen molar-refractivity contribution in [2.24, 2.45) is 0 Å². The summed E-state index contributed by atoms with van der Waals surface area (Å²) in [7, 11) is 2.08. The summed E-state index contributed by atoms with van der Waals surface area (Å²) in [5.41, 5.74) is 3.97. The van der Waals surface area contributed by atoms with Crippen LogP contribution in [-0.2, 0) is 6.54 Å². The first-order chi connectivity index (χ1) is 9.54. The third-order valence-corrected chi connectivity index (χ3v) is 3.73. The monoisotopic (exact) mass is 349 g/mol. The summed E-state index contributed by atoms with van der Waals surface area (Å²) in [5, 5.41) is 2.10. The van der Waals surface area contributed by atoms with E-state index < -0.39 is 6.61 Å². The summed E-state index contributed by atoms with van der Waals surface area (Å²) in [6, 6.07) is 5.04. The fourth-order valence-electron chi connectivity index (χ4n) is 2.06. The van der Waals surface area contributed by atoms with Gasteiger partial charge in [0.1, 0.15) is 5.75 Å². The molecule has 7 heteroatoms. The summed E-state index contributed by atoms with van der Waals surface area (Å²) in [5.74, 6) is 0.213. The number of piperazine rings is 1. The molecule has 4 nitrogen and oxygen atoms in total. The van der Waals surface area contributed by atoms with Gasteiger partial charge in [-0.2, -0.15) is 8.78 Å². The van der Waals surface area contributed by atoms with Gasteiger partial charge >= 0.3 is 6.61 Å². The highest BCUT2D eigenvalue weighted by Gasteiger charge is 2.15. The lowest BCUT2D eigenvalue weighted by atomic mass is 10.2. The summed E-state index contributed by atoms with van der Waals surface area (Å²) >= 11 is 3.35. The Bertz CT molecular complexity index is 440. The molecule has 1 aliphatic rings. The molecule has 2 rings (SSSR count). The van der Waals surface area contributed by atoms with Gasteiger partial charge in [0.05, 0.1) is 0 Å². The second kappa shape index (κ2) is 7.31. The molecular formula is C13H18BrF2N3O. The minimum absolute atomic E-state index is 0.213. The van der Waals surface area contributed by atoms with Crippen LogP contribution in [0.15, 0.2) is 22.7 Å². The normalized spacial score (nSPS) is 17.6. The van der Waals surface area contributed by atoms with Crippen LogP contribution in [0.1, 0.15) is 5.56 Å². The smallest absolute Gasteiger partial charge is 0.387 e. The molecule has 0 atom stereocenters. The van der Waals surface area contributed by atoms with Crippen LogP contribution in [0.3, 0.4) is 0 Å². The van der Waals surface area contributed by atoms with Gasteiger partial charge in [-0.3, -0.25) is 5.43 Å². The maximum atomic E-state index is 12.4. The van der Waals surface area contributed by atoms with E-state index in [9.17, 15) is 8.78 Å². The number of benzene rings is 1. The third-order valence-electron chi connectivity index (χ3n) is 3.23. The number of nitrogens with one attached hydrogen (secondary N) is 1. The number of ether oxygens (including phenoxy) is 1. The van der Waals surface area contributed by atoms with E-state index in [1.165, 1.54) is 0 Å². The molecule has 1 aromatic carbocycles. The Kier molecular flexibility index (Phi) is 5.71. The molecule has 0 unspecified atom stereocenters. The van der Waals surface area contributed by atoms with Crippen LogP contribution in [0.5, 0.6) is 5.75 Å². The zero-order valence-corrected chi connectivity index (χ0v) is 12.9. The lowest BCUT2D eigenvalue weighted by Crippen LogP contribution is -2.50. The molecule has 1 fully saturated rings. The van der Waals surface area contributed by atoms with E-state index in [0.717, 1.165) is 30.7 Å². The van der Waals surface area contributed by atoms with E-state index in [-0.39, 0.29) is 5.75 Å². The van der Waals surface area contributed by atoms with E-state index in [4.69, 9.17) is 0 Å². The molecule has 0 aromatic heterocycles. The fraction of sp³-hybridized carbons (Fsp3) is 0.538. The van der Waals surface area contributed by atoms with Crippen LogP contribution < -0.4 is 10.2 Å². The first-order valence-electron chi connectivity index (χ1n) is 6.45. The van der Waals surface area contributed by atoms with Crippen LogP contribution >= 0.6 is 15.9 Å². The van der Waals surface area contributed by atoms with E-state index in [1.54, 1.807) is 18.2 Å². The number of nitrogens with zero attached hydrogens (tertiary/aromatic N) is 2. The van der Waals surface area contributed by atoms with Crippen molar-refractivity contribution < 1.29 is 13.5 Å². The number of hydrogen-bond acceptors (Lipinski definition) is 4. The molecule has 0 spiro atoms. The summed E-state index contributed by atoms with van der Waals surface area (Å²) < 4.78 is 30.1. The van der Waals surface area contributed by atoms with E-state index >= 15 is 0 Å². The van der Waals surface area contributed by atoms with Gasteiger partial charge in [0.2, 0.25) is 0 Å². The Morgan fingerprint density at radius 3 is 2.65 bits per heavy atom. The van der Waals surface area contributed by atoms with Gasteiger partial charge in [-0.05, 0) is 25.2 Å². The summed E-state index contributed by atoms with van der Waals surface area (Å²) in [6.07, 6.45) is 0. The minimum Gasteiger partial charge on any atom is -0.434 e. The predicted octanol–water partition coefficient (Wildman–Crippen LogP) is 2.30. The van der Waals surface area contributed by atoms with Crippen molar-refractivity contribution in [3.8, 4) is 5.75 Å². The number of hydrazine groups is 1. The van der Waals surface area contributed by atoms with Gasteiger partial charge in [0.25, 0.3) is 0 Å². The van der Waals surface area contributed by atoms with Crippen LogP contribution in [0.4, 0.5) is 8.78 Å². The first-order valence-corrected chi connectivity index (χ1v) is 7.24. The van der Waals surface area contributed by atoms with Gasteiger partial charge in [0, 0.05) is 42.8 Å². The van der Waals surface area contributed by atoms with Gasteiger partial charge in [0.15, 0.2) is 0 Å². The molecule has 0 amide bonds. The molecule has 112 valence electrons. The number of alkyl halides is 2. The molecule has 1 aliphatic heterocycles. The molecule has 1 heterocycles. The quantitative estimate of drug-likeness (QED) is 0.882. The van der Waals surface area contributed by atoms with Crippen molar-refractivity contribution in [1.82, 2.24) is 15.3 Å². The maximum Gasteiger partial charge on any atom is 0.387 e. The molecule has 1 aromatic rings. The fourth-order valence-corrected chi connectivity index (χ4v) is 2.47. The highest BCUT2D eigenvalue weighted by molar-refractivity contribution is 9.10. The number of hydrogen-bond donors (Lipinski definition) is 1. The minimum atomic E-state index is -2.81. The average Bonchev–Trinajstić information content (AvgIpc) is 2.40. The van der Waals surface area contributed by atoms with Gasteiger partial charge in [-0.25, -0.2) is 5.01 Å². The molecule has 20 heavy (non-hydrogen) atoms. The first kappa shape index (κ1) is 15.6. The lowest BCUT2D eigenvalue weighted by molar-refractivity contribution is -0.0506. The van der Waals surface area contributed by atoms with Crippen molar-refractivity contribution in [3.63, 3.8) is 0 Å². The molecule has 0 radical (unpaired) electrons. The van der Waals surface area contributed by atoms with Crippen LogP contribution in [0.25, 0.3) is 0 Å². The van der Waals surface area contributed by atoms with E-state index in [2.05, 4.69) is 43.0 Å². The van der Waals surface area contributed by atoms with Crippen molar-refractivity contribution in [1.29, 1.82) is 0 Å². The molecule has 0 aliphatic carbocycles. The van der Waals surface area contributed by atoms with E-state index in [0.29, 0.717) is 12.1 Å². The molecule has 1 N–H and O–H groups in total. The Hall–Kier alpha value is -0.760. The van der Waals surface area contributed by atoms with Gasteiger partial charge in [-0.15, -0.1) is 0 Å². The number of likely N-dealkylation sites (N-methyl/N-ethyl adjacent to an activating group) is 1. The standard InChI is InChI=1S/C13H18BrF2N3O/c1-18-4-6-19(7-5-18)17-9-10-8-11(14)2-3-12(10)20-13(15)16/h2-3,8,13,17H,4-7,9H2,1H3. The topological polar surface area (TPSA) is 27.7 Å². The molecular weight excluding hydrogens is 332 g/mol. The third kappa shape index (κ3) is 4.66. The van der Waals surface area contributed by atoms with Gasteiger partial charge in [-0.1, -0.05) is 15.9 Å². The largest absolute Gasteiger partial charge is 0.434 e. The zero-order chi connectivity index (χ0) is 14.5. The number of rotatable bonds is 5. The molecule has 1 saturated heterocycles. The lowest BCUT2D eigenvalue weighted by Gasteiger charge is -2.32. The van der Waals surface area contributed by atoms with Crippen molar-refractivity contribution in [2.45, 2.75) is 13.2 Å². The van der Waals surface area contributed by atoms with Crippen molar-refractivity contribution in [3.05, 3.63) is 28.2 Å². The van der Waals surface area contributed by atoms with Crippen LogP contribution in [0, 0.1) is 0 Å². The molecule has 0 bridgehead atoms.